The first kappa shape index (κ1) is 15.7. The molecule has 0 aliphatic rings. The number of aromatic nitrogens is 2. The number of ether oxygens (including phenoxy) is 1. The maximum atomic E-state index is 12.5. The van der Waals surface area contributed by atoms with Crippen LogP contribution < -0.4 is 10.3 Å². The van der Waals surface area contributed by atoms with Crippen LogP contribution in [-0.4, -0.2) is 15.5 Å². The lowest BCUT2D eigenvalue weighted by Gasteiger charge is -2.07. The summed E-state index contributed by atoms with van der Waals surface area (Å²) in [6.45, 7) is 3.54. The van der Waals surface area contributed by atoms with Crippen LogP contribution in [0.25, 0.3) is 10.2 Å². The summed E-state index contributed by atoms with van der Waals surface area (Å²) in [5.74, 6) is -0.0601. The average molecular weight is 349 g/mol. The van der Waals surface area contributed by atoms with Crippen molar-refractivity contribution in [1.29, 1.82) is 0 Å². The highest BCUT2D eigenvalue weighted by molar-refractivity contribution is 7.20. The molecule has 0 spiro atoms. The van der Waals surface area contributed by atoms with Gasteiger partial charge in [-0.3, -0.25) is 4.79 Å². The molecule has 0 unspecified atom stereocenters. The van der Waals surface area contributed by atoms with Crippen molar-refractivity contribution in [3.63, 3.8) is 0 Å². The number of benzene rings is 1. The topological polar surface area (TPSA) is 61.2 Å². The minimum absolute atomic E-state index is 0.175. The smallest absolute Gasteiger partial charge is 0.354 e. The van der Waals surface area contributed by atoms with E-state index in [-0.39, 0.29) is 5.56 Å². The van der Waals surface area contributed by atoms with Gasteiger partial charge in [-0.05, 0) is 43.2 Å². The molecule has 118 valence electrons. The first-order valence-corrected chi connectivity index (χ1v) is 8.01. The zero-order valence-electron chi connectivity index (χ0n) is 12.7. The van der Waals surface area contributed by atoms with Crippen molar-refractivity contribution in [3.05, 3.63) is 55.9 Å². The molecule has 0 aliphatic carbocycles. The molecule has 23 heavy (non-hydrogen) atoms. The van der Waals surface area contributed by atoms with Crippen LogP contribution in [0, 0.1) is 13.8 Å². The Morgan fingerprint density at radius 1 is 1.35 bits per heavy atom. The van der Waals surface area contributed by atoms with Crippen molar-refractivity contribution >= 4 is 39.1 Å². The molecule has 1 aromatic carbocycles. The van der Waals surface area contributed by atoms with E-state index in [2.05, 4.69) is 4.98 Å². The number of fused-ring (bicyclic) bond motifs is 1. The molecule has 0 N–H and O–H groups in total. The van der Waals surface area contributed by atoms with Crippen molar-refractivity contribution < 1.29 is 9.53 Å². The Morgan fingerprint density at radius 2 is 2.09 bits per heavy atom. The zero-order valence-corrected chi connectivity index (χ0v) is 14.3. The predicted molar refractivity (Wildman–Crippen MR) is 90.7 cm³/mol. The molecule has 0 fully saturated rings. The lowest BCUT2D eigenvalue weighted by molar-refractivity contribution is 0.0738. The third kappa shape index (κ3) is 2.75. The van der Waals surface area contributed by atoms with E-state index in [4.69, 9.17) is 16.3 Å². The summed E-state index contributed by atoms with van der Waals surface area (Å²) in [6, 6.07) is 5.03. The van der Waals surface area contributed by atoms with Crippen molar-refractivity contribution in [2.75, 3.05) is 0 Å². The second kappa shape index (κ2) is 5.79. The van der Waals surface area contributed by atoms with Gasteiger partial charge in [0.2, 0.25) is 0 Å². The number of hydrogen-bond donors (Lipinski definition) is 0. The summed E-state index contributed by atoms with van der Waals surface area (Å²) in [6.07, 6.45) is 1.44. The number of esters is 1. The van der Waals surface area contributed by atoms with Crippen LogP contribution in [0.1, 0.15) is 20.8 Å². The molecular weight excluding hydrogens is 336 g/mol. The van der Waals surface area contributed by atoms with Gasteiger partial charge in [-0.15, -0.1) is 11.3 Å². The van der Waals surface area contributed by atoms with Crippen LogP contribution in [0.4, 0.5) is 0 Å². The molecule has 0 radical (unpaired) electrons. The molecule has 3 aromatic rings. The third-order valence-electron chi connectivity index (χ3n) is 3.54. The summed E-state index contributed by atoms with van der Waals surface area (Å²) in [4.78, 5) is 29.8. The first-order chi connectivity index (χ1) is 10.9. The van der Waals surface area contributed by atoms with E-state index in [0.29, 0.717) is 31.4 Å². The van der Waals surface area contributed by atoms with Gasteiger partial charge in [0.05, 0.1) is 11.7 Å². The number of carbonyl (C=O) groups excluding carboxylic acids is 1. The lowest BCUT2D eigenvalue weighted by atomic mass is 10.2. The molecule has 7 heteroatoms. The largest absolute Gasteiger partial charge is 0.422 e. The quantitative estimate of drug-likeness (QED) is 0.525. The van der Waals surface area contributed by atoms with Gasteiger partial charge in [-0.25, -0.2) is 9.78 Å². The van der Waals surface area contributed by atoms with E-state index >= 15 is 0 Å². The predicted octanol–water partition coefficient (Wildman–Crippen LogP) is 3.48. The van der Waals surface area contributed by atoms with Gasteiger partial charge in [0.1, 0.15) is 15.5 Å². The summed E-state index contributed by atoms with van der Waals surface area (Å²) in [5.41, 5.74) is 1.18. The van der Waals surface area contributed by atoms with E-state index in [1.807, 2.05) is 6.92 Å². The van der Waals surface area contributed by atoms with Crippen LogP contribution in [0.3, 0.4) is 0 Å². The van der Waals surface area contributed by atoms with E-state index in [1.54, 1.807) is 32.2 Å². The van der Waals surface area contributed by atoms with Gasteiger partial charge in [0.25, 0.3) is 5.56 Å². The Labute approximate surface area is 141 Å². The van der Waals surface area contributed by atoms with Gasteiger partial charge in [-0.1, -0.05) is 11.6 Å². The molecule has 0 atom stereocenters. The molecule has 0 bridgehead atoms. The van der Waals surface area contributed by atoms with Crippen LogP contribution in [0.5, 0.6) is 5.75 Å². The first-order valence-electron chi connectivity index (χ1n) is 6.81. The minimum Gasteiger partial charge on any atom is -0.422 e. The van der Waals surface area contributed by atoms with Gasteiger partial charge in [0.15, 0.2) is 0 Å². The van der Waals surface area contributed by atoms with Crippen molar-refractivity contribution in [2.24, 2.45) is 7.05 Å². The highest BCUT2D eigenvalue weighted by Gasteiger charge is 2.21. The standard InChI is InChI=1S/C16H13ClN2O3S/c1-8-6-10(17)4-5-11(8)22-16(21)13-9(2)12-14(23-13)18-7-19(3)15(12)20/h4-7H,1-3H3. The Bertz CT molecular complexity index is 991. The fourth-order valence-corrected chi connectivity index (χ4v) is 3.52. The third-order valence-corrected chi connectivity index (χ3v) is 4.95. The SMILES string of the molecule is Cc1cc(Cl)ccc1OC(=O)c1sc2ncn(C)c(=O)c2c1C. The highest BCUT2D eigenvalue weighted by atomic mass is 35.5. The fourth-order valence-electron chi connectivity index (χ4n) is 2.28. The molecule has 0 amide bonds. The fraction of sp³-hybridized carbons (Fsp3) is 0.188. The zero-order chi connectivity index (χ0) is 16.7. The summed E-state index contributed by atoms with van der Waals surface area (Å²) in [5, 5.41) is 1.04. The summed E-state index contributed by atoms with van der Waals surface area (Å²) < 4.78 is 6.83. The molecular formula is C16H13ClN2O3S. The Balaban J connectivity index is 2.03. The lowest BCUT2D eigenvalue weighted by Crippen LogP contribution is -2.17. The van der Waals surface area contributed by atoms with Gasteiger partial charge in [0, 0.05) is 12.1 Å². The van der Waals surface area contributed by atoms with Gasteiger partial charge >= 0.3 is 5.97 Å². The van der Waals surface area contributed by atoms with Crippen molar-refractivity contribution in [1.82, 2.24) is 9.55 Å². The van der Waals surface area contributed by atoms with E-state index < -0.39 is 5.97 Å². The maximum absolute atomic E-state index is 12.5. The number of nitrogens with zero attached hydrogens (tertiary/aromatic N) is 2. The number of aryl methyl sites for hydroxylation is 3. The van der Waals surface area contributed by atoms with Crippen molar-refractivity contribution in [2.45, 2.75) is 13.8 Å². The molecule has 0 saturated heterocycles. The Morgan fingerprint density at radius 3 is 2.78 bits per heavy atom. The maximum Gasteiger partial charge on any atom is 0.354 e. The summed E-state index contributed by atoms with van der Waals surface area (Å²) >= 11 is 7.06. The number of halogens is 1. The van der Waals surface area contributed by atoms with E-state index in [1.165, 1.54) is 10.9 Å². The monoisotopic (exact) mass is 348 g/mol. The van der Waals surface area contributed by atoms with E-state index in [9.17, 15) is 9.59 Å². The Kier molecular flexibility index (Phi) is 3.95. The van der Waals surface area contributed by atoms with Crippen LogP contribution in [0.15, 0.2) is 29.3 Å². The number of rotatable bonds is 2. The van der Waals surface area contributed by atoms with Crippen LogP contribution >= 0.6 is 22.9 Å². The van der Waals surface area contributed by atoms with Crippen LogP contribution in [-0.2, 0) is 7.05 Å². The molecule has 0 aliphatic heterocycles. The Hall–Kier alpha value is -2.18. The molecule has 3 rings (SSSR count). The van der Waals surface area contributed by atoms with Gasteiger partial charge < -0.3 is 9.30 Å². The normalized spacial score (nSPS) is 11.0. The van der Waals surface area contributed by atoms with Gasteiger partial charge in [-0.2, -0.15) is 0 Å². The molecule has 5 nitrogen and oxygen atoms in total. The minimum atomic E-state index is -0.502. The second-order valence-electron chi connectivity index (χ2n) is 5.20. The van der Waals surface area contributed by atoms with Crippen molar-refractivity contribution in [3.8, 4) is 5.75 Å². The van der Waals surface area contributed by atoms with E-state index in [0.717, 1.165) is 16.9 Å². The average Bonchev–Trinajstić information content (AvgIpc) is 2.84. The number of hydrogen-bond acceptors (Lipinski definition) is 5. The summed E-state index contributed by atoms with van der Waals surface area (Å²) in [7, 11) is 1.63. The molecule has 2 heterocycles. The molecule has 2 aromatic heterocycles. The van der Waals surface area contributed by atoms with Crippen LogP contribution in [0.2, 0.25) is 5.02 Å². The molecule has 0 saturated carbocycles. The number of carbonyl (C=O) groups is 1. The highest BCUT2D eigenvalue weighted by Crippen LogP contribution is 2.29. The second-order valence-corrected chi connectivity index (χ2v) is 6.63. The number of thiophene rings is 1.